The van der Waals surface area contributed by atoms with Crippen LogP contribution in [0, 0.1) is 6.92 Å². The minimum absolute atomic E-state index is 0.00291. The smallest absolute Gasteiger partial charge is 0.337 e. The fourth-order valence-electron chi connectivity index (χ4n) is 6.32. The van der Waals surface area contributed by atoms with Crippen molar-refractivity contribution in [3.8, 4) is 33.9 Å². The van der Waals surface area contributed by atoms with Gasteiger partial charge >= 0.3 is 5.97 Å². The number of hydrogen-bond donors (Lipinski definition) is 1. The molecule has 10 heteroatoms. The first-order valence-electron chi connectivity index (χ1n) is 17.4. The van der Waals surface area contributed by atoms with Gasteiger partial charge in [0.1, 0.15) is 17.3 Å². The van der Waals surface area contributed by atoms with Gasteiger partial charge in [0, 0.05) is 42.6 Å². The highest BCUT2D eigenvalue weighted by atomic mass is 16.5. The fraction of sp³-hybridized carbons (Fsp3) is 0.513. The van der Waals surface area contributed by atoms with Gasteiger partial charge < -0.3 is 29.0 Å². The SMILES string of the molecule is CCCCOC1(C)CCN(c2c(C(OC(C)(C)C)C(=O)O)c(C)nc3cc(-c4cccc(-c5cc(OC)ccc5OC(C)C)c4)nn23)CC1. The molecular weight excluding hydrogens is 620 g/mol. The second-order valence-corrected chi connectivity index (χ2v) is 14.4. The molecule has 10 nitrogen and oxygen atoms in total. The third kappa shape index (κ3) is 8.36. The third-order valence-electron chi connectivity index (χ3n) is 8.85. The average molecular weight is 673 g/mol. The molecule has 5 rings (SSSR count). The van der Waals surface area contributed by atoms with Gasteiger partial charge in [0.2, 0.25) is 0 Å². The molecule has 1 atom stereocenters. The molecule has 0 radical (unpaired) electrons. The van der Waals surface area contributed by atoms with Crippen LogP contribution in [0.25, 0.3) is 28.0 Å². The van der Waals surface area contributed by atoms with E-state index in [-0.39, 0.29) is 11.7 Å². The zero-order valence-electron chi connectivity index (χ0n) is 30.5. The lowest BCUT2D eigenvalue weighted by molar-refractivity contribution is -0.160. The summed E-state index contributed by atoms with van der Waals surface area (Å²) >= 11 is 0. The standard InChI is InChI=1S/C39H52N4O6/c1-10-11-21-47-39(8)17-19-42(20-18-39)36-34(35(37(44)45)49-38(5,6)7)26(4)40-33-24-31(41-43(33)36)28-14-12-13-27(22-28)30-23-29(46-9)15-16-32(30)48-25(2)3/h12-16,22-25,35H,10-11,17-21H2,1-9H3,(H,44,45). The van der Waals surface area contributed by atoms with E-state index in [9.17, 15) is 9.90 Å². The Bertz CT molecular complexity index is 1770. The van der Waals surface area contributed by atoms with E-state index in [1.165, 1.54) is 0 Å². The van der Waals surface area contributed by atoms with E-state index in [0.717, 1.165) is 66.2 Å². The minimum atomic E-state index is -1.23. The summed E-state index contributed by atoms with van der Waals surface area (Å²) in [5.41, 5.74) is 4.28. The fourth-order valence-corrected chi connectivity index (χ4v) is 6.32. The van der Waals surface area contributed by atoms with Gasteiger partial charge in [-0.3, -0.25) is 0 Å². The van der Waals surface area contributed by atoms with Crippen LogP contribution in [-0.4, -0.2) is 69.8 Å². The van der Waals surface area contributed by atoms with Crippen LogP contribution in [0.3, 0.4) is 0 Å². The van der Waals surface area contributed by atoms with Crippen LogP contribution in [0.2, 0.25) is 0 Å². The molecule has 1 N–H and O–H groups in total. The Morgan fingerprint density at radius 1 is 1.06 bits per heavy atom. The minimum Gasteiger partial charge on any atom is -0.497 e. The Balaban J connectivity index is 1.62. The highest BCUT2D eigenvalue weighted by Crippen LogP contribution is 2.40. The molecule has 0 amide bonds. The Hall–Kier alpha value is -4.15. The number of aliphatic carboxylic acids is 1. The van der Waals surface area contributed by atoms with Gasteiger partial charge in [-0.05, 0) is 97.6 Å². The number of carbonyl (C=O) groups is 1. The summed E-state index contributed by atoms with van der Waals surface area (Å²) in [4.78, 5) is 20.0. The number of methoxy groups -OCH3 is 1. The maximum absolute atomic E-state index is 12.8. The van der Waals surface area contributed by atoms with Gasteiger partial charge in [-0.15, -0.1) is 0 Å². The first kappa shape index (κ1) is 36.1. The number of hydrogen-bond acceptors (Lipinski definition) is 8. The number of unbranched alkanes of at least 4 members (excludes halogenated alkanes) is 1. The second kappa shape index (κ2) is 14.8. The lowest BCUT2D eigenvalue weighted by atomic mass is 9.92. The number of ether oxygens (including phenoxy) is 4. The van der Waals surface area contributed by atoms with Crippen LogP contribution in [0.4, 0.5) is 5.82 Å². The van der Waals surface area contributed by atoms with Gasteiger partial charge in [-0.2, -0.15) is 9.61 Å². The number of carboxylic acid groups (broad SMARTS) is 1. The van der Waals surface area contributed by atoms with Crippen LogP contribution in [0.1, 0.15) is 91.5 Å². The molecule has 1 saturated heterocycles. The second-order valence-electron chi connectivity index (χ2n) is 14.4. The largest absolute Gasteiger partial charge is 0.497 e. The molecule has 1 aliphatic heterocycles. The number of aryl methyl sites for hydroxylation is 1. The van der Waals surface area contributed by atoms with Crippen molar-refractivity contribution in [1.82, 2.24) is 14.6 Å². The molecule has 1 aliphatic rings. The summed E-state index contributed by atoms with van der Waals surface area (Å²) in [7, 11) is 1.65. The van der Waals surface area contributed by atoms with Crippen LogP contribution < -0.4 is 14.4 Å². The molecule has 49 heavy (non-hydrogen) atoms. The Morgan fingerprint density at radius 3 is 2.41 bits per heavy atom. The molecule has 1 unspecified atom stereocenters. The molecule has 0 bridgehead atoms. The molecule has 2 aromatic heterocycles. The van der Waals surface area contributed by atoms with Crippen molar-refractivity contribution in [1.29, 1.82) is 0 Å². The van der Waals surface area contributed by atoms with E-state index < -0.39 is 17.7 Å². The van der Waals surface area contributed by atoms with Crippen molar-refractivity contribution >= 4 is 17.4 Å². The average Bonchev–Trinajstić information content (AvgIpc) is 3.47. The predicted molar refractivity (Wildman–Crippen MR) is 193 cm³/mol. The molecule has 0 saturated carbocycles. The van der Waals surface area contributed by atoms with Crippen molar-refractivity contribution in [2.24, 2.45) is 0 Å². The number of piperidine rings is 1. The van der Waals surface area contributed by atoms with Crippen LogP contribution >= 0.6 is 0 Å². The first-order chi connectivity index (χ1) is 23.2. The quantitative estimate of drug-likeness (QED) is 0.140. The van der Waals surface area contributed by atoms with E-state index in [1.54, 1.807) is 11.6 Å². The lowest BCUT2D eigenvalue weighted by Gasteiger charge is -2.41. The summed E-state index contributed by atoms with van der Waals surface area (Å²) in [5, 5.41) is 15.6. The molecule has 2 aromatic carbocycles. The van der Waals surface area contributed by atoms with Crippen LogP contribution in [0.15, 0.2) is 48.5 Å². The highest BCUT2D eigenvalue weighted by Gasteiger charge is 2.37. The number of fused-ring (bicyclic) bond motifs is 1. The number of aromatic nitrogens is 3. The Kier molecular flexibility index (Phi) is 10.9. The van der Waals surface area contributed by atoms with Crippen molar-refractivity contribution < 1.29 is 28.8 Å². The van der Waals surface area contributed by atoms with E-state index in [2.05, 4.69) is 24.8 Å². The Morgan fingerprint density at radius 2 is 1.78 bits per heavy atom. The topological polar surface area (TPSA) is 108 Å². The maximum atomic E-state index is 12.8. The molecule has 0 spiro atoms. The maximum Gasteiger partial charge on any atom is 0.337 e. The summed E-state index contributed by atoms with van der Waals surface area (Å²) < 4.78 is 26.1. The van der Waals surface area contributed by atoms with E-state index in [0.29, 0.717) is 35.8 Å². The van der Waals surface area contributed by atoms with Crippen molar-refractivity contribution in [2.45, 2.75) is 104 Å². The monoisotopic (exact) mass is 672 g/mol. The molecule has 264 valence electrons. The van der Waals surface area contributed by atoms with Gasteiger partial charge in [-0.25, -0.2) is 9.78 Å². The van der Waals surface area contributed by atoms with Crippen molar-refractivity contribution in [2.75, 3.05) is 31.7 Å². The molecule has 0 aliphatic carbocycles. The molecular formula is C39H52N4O6. The number of rotatable bonds is 13. The zero-order chi connectivity index (χ0) is 35.5. The van der Waals surface area contributed by atoms with Crippen molar-refractivity contribution in [3.05, 3.63) is 59.8 Å². The van der Waals surface area contributed by atoms with Gasteiger partial charge in [-0.1, -0.05) is 31.5 Å². The molecule has 3 heterocycles. The predicted octanol–water partition coefficient (Wildman–Crippen LogP) is 8.28. The van der Waals surface area contributed by atoms with E-state index in [1.807, 2.05) is 84.0 Å². The normalized spacial score (nSPS) is 15.5. The highest BCUT2D eigenvalue weighted by molar-refractivity contribution is 5.80. The van der Waals surface area contributed by atoms with Crippen LogP contribution in [0.5, 0.6) is 11.5 Å². The third-order valence-corrected chi connectivity index (χ3v) is 8.85. The summed E-state index contributed by atoms with van der Waals surface area (Å²) in [5.74, 6) is 1.13. The first-order valence-corrected chi connectivity index (χ1v) is 17.4. The van der Waals surface area contributed by atoms with Crippen molar-refractivity contribution in [3.63, 3.8) is 0 Å². The number of anilines is 1. The summed E-state index contributed by atoms with van der Waals surface area (Å²) in [6.07, 6.45) is 2.48. The van der Waals surface area contributed by atoms with Gasteiger partial charge in [0.05, 0.1) is 35.7 Å². The summed E-state index contributed by atoms with van der Waals surface area (Å²) in [6.45, 7) is 17.9. The molecule has 4 aromatic rings. The lowest BCUT2D eigenvalue weighted by Crippen LogP contribution is -2.46. The van der Waals surface area contributed by atoms with E-state index in [4.69, 9.17) is 29.0 Å². The Labute approximate surface area is 290 Å². The number of carboxylic acids is 1. The number of nitrogens with zero attached hydrogens (tertiary/aromatic N) is 4. The number of benzene rings is 2. The zero-order valence-corrected chi connectivity index (χ0v) is 30.5. The van der Waals surface area contributed by atoms with E-state index >= 15 is 0 Å². The van der Waals surface area contributed by atoms with Crippen LogP contribution in [-0.2, 0) is 14.3 Å². The summed E-state index contributed by atoms with van der Waals surface area (Å²) in [6, 6.07) is 15.9. The molecule has 1 fully saturated rings. The van der Waals surface area contributed by atoms with Gasteiger partial charge in [0.15, 0.2) is 11.8 Å². The van der Waals surface area contributed by atoms with Gasteiger partial charge in [0.25, 0.3) is 0 Å².